The van der Waals surface area contributed by atoms with Crippen LogP contribution in [0.1, 0.15) is 12.5 Å². The molecule has 0 aliphatic carbocycles. The van der Waals surface area contributed by atoms with E-state index in [0.717, 1.165) is 6.42 Å². The highest BCUT2D eigenvalue weighted by Gasteiger charge is 2.05. The van der Waals surface area contributed by atoms with Gasteiger partial charge in [-0.3, -0.25) is 0 Å². The minimum absolute atomic E-state index is 1.09. The third-order valence-corrected chi connectivity index (χ3v) is 1.96. The molecular formula is C10H11N. The monoisotopic (exact) mass is 145 g/mol. The van der Waals surface area contributed by atoms with Gasteiger partial charge < -0.3 is 5.32 Å². The first-order chi connectivity index (χ1) is 5.36. The minimum atomic E-state index is 1.09. The number of anilines is 1. The van der Waals surface area contributed by atoms with E-state index in [9.17, 15) is 0 Å². The van der Waals surface area contributed by atoms with E-state index < -0.39 is 0 Å². The summed E-state index contributed by atoms with van der Waals surface area (Å²) in [7, 11) is 0. The summed E-state index contributed by atoms with van der Waals surface area (Å²) in [5, 5.41) is 3.25. The molecule has 1 aliphatic rings. The molecule has 1 heterocycles. The van der Waals surface area contributed by atoms with Crippen LogP contribution in [0.3, 0.4) is 0 Å². The second-order valence-corrected chi connectivity index (χ2v) is 2.97. The summed E-state index contributed by atoms with van der Waals surface area (Å²) < 4.78 is 0. The average Bonchev–Trinajstić information content (AvgIpc) is 2.04. The second kappa shape index (κ2) is 2.42. The van der Waals surface area contributed by atoms with E-state index in [4.69, 9.17) is 0 Å². The zero-order chi connectivity index (χ0) is 7.68. The van der Waals surface area contributed by atoms with E-state index in [0.29, 0.717) is 0 Å². The summed E-state index contributed by atoms with van der Waals surface area (Å²) in [6, 6.07) is 8.41. The van der Waals surface area contributed by atoms with Crippen molar-refractivity contribution in [3.63, 3.8) is 0 Å². The Morgan fingerprint density at radius 1 is 1.27 bits per heavy atom. The zero-order valence-corrected chi connectivity index (χ0v) is 6.59. The van der Waals surface area contributed by atoms with Crippen LogP contribution in [-0.4, -0.2) is 0 Å². The molecule has 56 valence electrons. The number of allylic oxidation sites excluding steroid dienone is 1. The van der Waals surface area contributed by atoms with E-state index >= 15 is 0 Å². The SMILES string of the molecule is CC1=CNc2ccccc2C1. The van der Waals surface area contributed by atoms with Crippen LogP contribution < -0.4 is 5.32 Å². The van der Waals surface area contributed by atoms with E-state index in [-0.39, 0.29) is 0 Å². The Kier molecular flexibility index (Phi) is 1.42. The molecule has 0 saturated carbocycles. The largest absolute Gasteiger partial charge is 0.361 e. The third-order valence-electron chi connectivity index (χ3n) is 1.96. The fraction of sp³-hybridized carbons (Fsp3) is 0.200. The molecule has 0 bridgehead atoms. The lowest BCUT2D eigenvalue weighted by Gasteiger charge is -2.15. The Hall–Kier alpha value is -1.24. The molecule has 1 aromatic rings. The normalized spacial score (nSPS) is 14.8. The summed E-state index contributed by atoms with van der Waals surface area (Å²) in [4.78, 5) is 0. The van der Waals surface area contributed by atoms with E-state index in [1.165, 1.54) is 16.8 Å². The second-order valence-electron chi connectivity index (χ2n) is 2.97. The molecule has 1 heteroatoms. The minimum Gasteiger partial charge on any atom is -0.361 e. The van der Waals surface area contributed by atoms with E-state index in [1.54, 1.807) is 0 Å². The number of benzene rings is 1. The molecule has 0 unspecified atom stereocenters. The van der Waals surface area contributed by atoms with Gasteiger partial charge in [-0.2, -0.15) is 0 Å². The van der Waals surface area contributed by atoms with Crippen molar-refractivity contribution >= 4 is 5.69 Å². The van der Waals surface area contributed by atoms with Crippen molar-refractivity contribution in [2.45, 2.75) is 13.3 Å². The first kappa shape index (κ1) is 6.47. The van der Waals surface area contributed by atoms with Gasteiger partial charge in [-0.1, -0.05) is 23.8 Å². The predicted molar refractivity (Wildman–Crippen MR) is 47.5 cm³/mol. The van der Waals surface area contributed by atoms with Crippen LogP contribution in [-0.2, 0) is 6.42 Å². The van der Waals surface area contributed by atoms with E-state index in [2.05, 4.69) is 42.7 Å². The first-order valence-corrected chi connectivity index (χ1v) is 3.86. The molecule has 1 nitrogen and oxygen atoms in total. The molecule has 1 aliphatic heterocycles. The van der Waals surface area contributed by atoms with Gasteiger partial charge in [0.15, 0.2) is 0 Å². The number of rotatable bonds is 0. The van der Waals surface area contributed by atoms with Crippen LogP contribution in [0.15, 0.2) is 36.0 Å². The van der Waals surface area contributed by atoms with Crippen molar-refractivity contribution in [1.29, 1.82) is 0 Å². The summed E-state index contributed by atoms with van der Waals surface area (Å²) in [6.07, 6.45) is 3.16. The van der Waals surface area contributed by atoms with Crippen molar-refractivity contribution < 1.29 is 0 Å². The number of hydrogen-bond donors (Lipinski definition) is 1. The van der Waals surface area contributed by atoms with Crippen LogP contribution >= 0.6 is 0 Å². The Balaban J connectivity index is 2.42. The van der Waals surface area contributed by atoms with E-state index in [1.807, 2.05) is 0 Å². The van der Waals surface area contributed by atoms with Gasteiger partial charge in [0.1, 0.15) is 0 Å². The topological polar surface area (TPSA) is 12.0 Å². The Morgan fingerprint density at radius 3 is 3.00 bits per heavy atom. The maximum atomic E-state index is 3.25. The number of hydrogen-bond acceptors (Lipinski definition) is 1. The van der Waals surface area contributed by atoms with Gasteiger partial charge in [0.2, 0.25) is 0 Å². The average molecular weight is 145 g/mol. The van der Waals surface area contributed by atoms with Crippen LogP contribution in [0.5, 0.6) is 0 Å². The molecular weight excluding hydrogens is 134 g/mol. The molecule has 1 aromatic carbocycles. The molecule has 0 saturated heterocycles. The highest BCUT2D eigenvalue weighted by molar-refractivity contribution is 5.57. The van der Waals surface area contributed by atoms with Crippen molar-refractivity contribution in [1.82, 2.24) is 0 Å². The summed E-state index contributed by atoms with van der Waals surface area (Å²) in [5.74, 6) is 0. The molecule has 11 heavy (non-hydrogen) atoms. The molecule has 0 aromatic heterocycles. The number of para-hydroxylation sites is 1. The van der Waals surface area contributed by atoms with Crippen molar-refractivity contribution in [3.8, 4) is 0 Å². The van der Waals surface area contributed by atoms with Gasteiger partial charge in [0.25, 0.3) is 0 Å². The Morgan fingerprint density at radius 2 is 2.09 bits per heavy atom. The van der Waals surface area contributed by atoms with Gasteiger partial charge in [0, 0.05) is 11.9 Å². The highest BCUT2D eigenvalue weighted by atomic mass is 14.9. The molecule has 0 amide bonds. The first-order valence-electron chi connectivity index (χ1n) is 3.86. The molecule has 0 fully saturated rings. The Labute approximate surface area is 66.7 Å². The van der Waals surface area contributed by atoms with Gasteiger partial charge in [-0.25, -0.2) is 0 Å². The van der Waals surface area contributed by atoms with Crippen LogP contribution in [0.4, 0.5) is 5.69 Å². The molecule has 0 radical (unpaired) electrons. The van der Waals surface area contributed by atoms with Crippen molar-refractivity contribution in [2.75, 3.05) is 5.32 Å². The fourth-order valence-corrected chi connectivity index (χ4v) is 1.37. The van der Waals surface area contributed by atoms with Crippen molar-refractivity contribution in [2.24, 2.45) is 0 Å². The molecule has 1 N–H and O–H groups in total. The van der Waals surface area contributed by atoms with Gasteiger partial charge in [-0.05, 0) is 25.0 Å². The quantitative estimate of drug-likeness (QED) is 0.591. The van der Waals surface area contributed by atoms with Gasteiger partial charge >= 0.3 is 0 Å². The van der Waals surface area contributed by atoms with Crippen LogP contribution in [0, 0.1) is 0 Å². The zero-order valence-electron chi connectivity index (χ0n) is 6.59. The lowest BCUT2D eigenvalue weighted by molar-refractivity contribution is 1.11. The fourth-order valence-electron chi connectivity index (χ4n) is 1.37. The lowest BCUT2D eigenvalue weighted by atomic mass is 10.0. The molecule has 0 atom stereocenters. The van der Waals surface area contributed by atoms with Gasteiger partial charge in [-0.15, -0.1) is 0 Å². The lowest BCUT2D eigenvalue weighted by Crippen LogP contribution is -2.02. The smallest absolute Gasteiger partial charge is 0.0415 e. The predicted octanol–water partition coefficient (Wildman–Crippen LogP) is 2.56. The number of fused-ring (bicyclic) bond motifs is 1. The summed E-state index contributed by atoms with van der Waals surface area (Å²) >= 11 is 0. The highest BCUT2D eigenvalue weighted by Crippen LogP contribution is 2.22. The maximum Gasteiger partial charge on any atom is 0.0415 e. The van der Waals surface area contributed by atoms with Gasteiger partial charge in [0.05, 0.1) is 0 Å². The number of nitrogens with one attached hydrogen (secondary N) is 1. The Bertz CT molecular complexity index is 299. The maximum absolute atomic E-state index is 3.25. The molecule has 2 rings (SSSR count). The summed E-state index contributed by atoms with van der Waals surface area (Å²) in [5.41, 5.74) is 4.04. The van der Waals surface area contributed by atoms with Crippen LogP contribution in [0.2, 0.25) is 0 Å². The van der Waals surface area contributed by atoms with Crippen molar-refractivity contribution in [3.05, 3.63) is 41.6 Å². The van der Waals surface area contributed by atoms with Crippen LogP contribution in [0.25, 0.3) is 0 Å². The summed E-state index contributed by atoms with van der Waals surface area (Å²) in [6.45, 7) is 2.14. The third kappa shape index (κ3) is 1.14. The molecule has 0 spiro atoms. The standard InChI is InChI=1S/C10H11N/c1-8-6-9-4-2-3-5-10(9)11-7-8/h2-5,7,11H,6H2,1H3.